The van der Waals surface area contributed by atoms with Gasteiger partial charge in [0.15, 0.2) is 0 Å². The molecule has 0 saturated carbocycles. The van der Waals surface area contributed by atoms with E-state index in [4.69, 9.17) is 15.2 Å². The Bertz CT molecular complexity index is 607. The lowest BCUT2D eigenvalue weighted by Gasteiger charge is -2.07. The van der Waals surface area contributed by atoms with Crippen LogP contribution in [0.4, 0.5) is 5.69 Å². The van der Waals surface area contributed by atoms with E-state index in [2.05, 4.69) is 4.98 Å². The van der Waals surface area contributed by atoms with Crippen LogP contribution in [0.2, 0.25) is 0 Å². The zero-order valence-electron chi connectivity index (χ0n) is 11.5. The van der Waals surface area contributed by atoms with Gasteiger partial charge in [-0.1, -0.05) is 6.07 Å². The molecule has 0 radical (unpaired) electrons. The minimum atomic E-state index is -0.423. The molecule has 6 heteroatoms. The number of carbonyl (C=O) groups excluding carboxylic acids is 1. The van der Waals surface area contributed by atoms with Gasteiger partial charge < -0.3 is 19.8 Å². The molecule has 6 nitrogen and oxygen atoms in total. The number of nitrogens with zero attached hydrogens (tertiary/aromatic N) is 2. The van der Waals surface area contributed by atoms with E-state index in [1.807, 2.05) is 6.92 Å². The predicted molar refractivity (Wildman–Crippen MR) is 74.4 cm³/mol. The fourth-order valence-corrected chi connectivity index (χ4v) is 1.83. The lowest BCUT2D eigenvalue weighted by atomic mass is 10.3. The topological polar surface area (TPSA) is 79.4 Å². The third-order valence-corrected chi connectivity index (χ3v) is 2.81. The number of rotatable bonds is 5. The van der Waals surface area contributed by atoms with Crippen LogP contribution in [0, 0.1) is 0 Å². The van der Waals surface area contributed by atoms with E-state index in [1.54, 1.807) is 35.0 Å². The van der Waals surface area contributed by atoms with Crippen LogP contribution in [0.25, 0.3) is 0 Å². The van der Waals surface area contributed by atoms with E-state index in [-0.39, 0.29) is 6.61 Å². The Morgan fingerprint density at radius 2 is 2.25 bits per heavy atom. The molecule has 2 heterocycles. The van der Waals surface area contributed by atoms with Crippen molar-refractivity contribution in [3.63, 3.8) is 0 Å². The van der Waals surface area contributed by atoms with Gasteiger partial charge in [0.05, 0.1) is 18.5 Å². The second-order valence-electron chi connectivity index (χ2n) is 4.19. The van der Waals surface area contributed by atoms with Crippen molar-refractivity contribution < 1.29 is 14.3 Å². The van der Waals surface area contributed by atoms with E-state index in [1.165, 1.54) is 7.11 Å². The molecule has 0 aliphatic heterocycles. The number of aromatic nitrogens is 2. The Labute approximate surface area is 117 Å². The number of methoxy groups -OCH3 is 1. The number of carbonyl (C=O) groups is 1. The maximum atomic E-state index is 12.0. The number of nitrogens with two attached hydrogens (primary N) is 1. The molecule has 0 amide bonds. The molecule has 2 rings (SSSR count). The van der Waals surface area contributed by atoms with E-state index >= 15 is 0 Å². The van der Waals surface area contributed by atoms with Crippen LogP contribution in [-0.2, 0) is 17.9 Å². The number of nitrogen functional groups attached to an aromatic ring is 1. The number of esters is 1. The van der Waals surface area contributed by atoms with Crippen LogP contribution in [0.15, 0.2) is 30.5 Å². The monoisotopic (exact) mass is 275 g/mol. The molecule has 2 aromatic rings. The first-order chi connectivity index (χ1) is 9.63. The molecule has 0 spiro atoms. The fraction of sp³-hybridized carbons (Fsp3) is 0.286. The Morgan fingerprint density at radius 1 is 1.45 bits per heavy atom. The Kier molecular flexibility index (Phi) is 4.24. The lowest BCUT2D eigenvalue weighted by Crippen LogP contribution is -2.11. The van der Waals surface area contributed by atoms with Crippen molar-refractivity contribution in [2.75, 3.05) is 12.8 Å². The first kappa shape index (κ1) is 13.9. The molecule has 0 unspecified atom stereocenters. The maximum absolute atomic E-state index is 12.0. The summed E-state index contributed by atoms with van der Waals surface area (Å²) >= 11 is 0. The first-order valence-electron chi connectivity index (χ1n) is 6.26. The van der Waals surface area contributed by atoms with Gasteiger partial charge in [-0.25, -0.2) is 9.78 Å². The summed E-state index contributed by atoms with van der Waals surface area (Å²) in [6.07, 6.45) is 1.71. The van der Waals surface area contributed by atoms with Crippen LogP contribution in [-0.4, -0.2) is 22.6 Å². The number of hydrogen-bond donors (Lipinski definition) is 1. The molecule has 20 heavy (non-hydrogen) atoms. The van der Waals surface area contributed by atoms with Gasteiger partial charge in [-0.3, -0.25) is 0 Å². The van der Waals surface area contributed by atoms with Gasteiger partial charge in [0.25, 0.3) is 0 Å². The van der Waals surface area contributed by atoms with E-state index in [0.717, 1.165) is 0 Å². The van der Waals surface area contributed by atoms with Crippen molar-refractivity contribution in [3.05, 3.63) is 41.9 Å². The molecule has 0 bridgehead atoms. The maximum Gasteiger partial charge on any atom is 0.355 e. The molecule has 2 aromatic heterocycles. The van der Waals surface area contributed by atoms with Gasteiger partial charge in [-0.15, -0.1) is 0 Å². The van der Waals surface area contributed by atoms with Gasteiger partial charge in [0, 0.05) is 18.8 Å². The number of ether oxygens (including phenoxy) is 2. The van der Waals surface area contributed by atoms with E-state index in [9.17, 15) is 4.79 Å². The minimum absolute atomic E-state index is 0.0881. The molecule has 0 fully saturated rings. The average molecular weight is 275 g/mol. The summed E-state index contributed by atoms with van der Waals surface area (Å²) in [7, 11) is 1.54. The largest absolute Gasteiger partial charge is 0.481 e. The molecule has 106 valence electrons. The molecular formula is C14H17N3O3. The molecule has 0 saturated heterocycles. The average Bonchev–Trinajstić information content (AvgIpc) is 2.86. The lowest BCUT2D eigenvalue weighted by molar-refractivity contribution is 0.0454. The summed E-state index contributed by atoms with van der Waals surface area (Å²) in [5.74, 6) is 0.0629. The highest BCUT2D eigenvalue weighted by Crippen LogP contribution is 2.13. The van der Waals surface area contributed by atoms with Crippen molar-refractivity contribution in [3.8, 4) is 5.88 Å². The van der Waals surface area contributed by atoms with Gasteiger partial charge in [-0.05, 0) is 19.1 Å². The standard InChI is InChI=1S/C14H17N3O3/c1-3-17-8-10(15)7-12(17)14(18)20-9-11-5-4-6-13(16-11)19-2/h4-8H,3,9,15H2,1-2H3. The fourth-order valence-electron chi connectivity index (χ4n) is 1.83. The second-order valence-corrected chi connectivity index (χ2v) is 4.19. The Morgan fingerprint density at radius 3 is 2.95 bits per heavy atom. The Hall–Kier alpha value is -2.50. The quantitative estimate of drug-likeness (QED) is 0.842. The summed E-state index contributed by atoms with van der Waals surface area (Å²) in [4.78, 5) is 16.2. The summed E-state index contributed by atoms with van der Waals surface area (Å²) in [5.41, 5.74) is 7.28. The second kappa shape index (κ2) is 6.10. The van der Waals surface area contributed by atoms with Crippen LogP contribution in [0.1, 0.15) is 23.1 Å². The number of anilines is 1. The van der Waals surface area contributed by atoms with Crippen molar-refractivity contribution >= 4 is 11.7 Å². The molecule has 0 aliphatic carbocycles. The van der Waals surface area contributed by atoms with Gasteiger partial charge >= 0.3 is 5.97 Å². The van der Waals surface area contributed by atoms with E-state index < -0.39 is 5.97 Å². The molecule has 0 aromatic carbocycles. The SMILES string of the molecule is CCn1cc(N)cc1C(=O)OCc1cccc(OC)n1. The highest BCUT2D eigenvalue weighted by molar-refractivity contribution is 5.89. The van der Waals surface area contributed by atoms with Crippen molar-refractivity contribution in [1.82, 2.24) is 9.55 Å². The van der Waals surface area contributed by atoms with Crippen LogP contribution in [0.5, 0.6) is 5.88 Å². The highest BCUT2D eigenvalue weighted by atomic mass is 16.5. The molecule has 2 N–H and O–H groups in total. The molecule has 0 atom stereocenters. The molecule has 0 aliphatic rings. The normalized spacial score (nSPS) is 10.3. The van der Waals surface area contributed by atoms with Gasteiger partial charge in [0.1, 0.15) is 12.3 Å². The zero-order chi connectivity index (χ0) is 14.5. The first-order valence-corrected chi connectivity index (χ1v) is 6.26. The van der Waals surface area contributed by atoms with Gasteiger partial charge in [-0.2, -0.15) is 0 Å². The van der Waals surface area contributed by atoms with Gasteiger partial charge in [0.2, 0.25) is 5.88 Å². The third-order valence-electron chi connectivity index (χ3n) is 2.81. The minimum Gasteiger partial charge on any atom is -0.481 e. The van der Waals surface area contributed by atoms with Crippen LogP contribution < -0.4 is 10.5 Å². The van der Waals surface area contributed by atoms with Crippen molar-refractivity contribution in [2.45, 2.75) is 20.1 Å². The number of hydrogen-bond acceptors (Lipinski definition) is 5. The summed E-state index contributed by atoms with van der Waals surface area (Å²) in [5, 5.41) is 0. The number of pyridine rings is 1. The number of aryl methyl sites for hydroxylation is 1. The third kappa shape index (κ3) is 3.09. The molecular weight excluding hydrogens is 258 g/mol. The summed E-state index contributed by atoms with van der Waals surface area (Å²) in [6, 6.07) is 6.89. The predicted octanol–water partition coefficient (Wildman–Crippen LogP) is 1.85. The van der Waals surface area contributed by atoms with Crippen molar-refractivity contribution in [2.24, 2.45) is 0 Å². The van der Waals surface area contributed by atoms with Crippen LogP contribution in [0.3, 0.4) is 0 Å². The smallest absolute Gasteiger partial charge is 0.355 e. The highest BCUT2D eigenvalue weighted by Gasteiger charge is 2.14. The summed E-state index contributed by atoms with van der Waals surface area (Å²) < 4.78 is 12.0. The zero-order valence-corrected chi connectivity index (χ0v) is 11.5. The van der Waals surface area contributed by atoms with E-state index in [0.29, 0.717) is 29.5 Å². The Balaban J connectivity index is 2.04. The summed E-state index contributed by atoms with van der Waals surface area (Å²) in [6.45, 7) is 2.67. The van der Waals surface area contributed by atoms with Crippen molar-refractivity contribution in [1.29, 1.82) is 0 Å². The van der Waals surface area contributed by atoms with Crippen LogP contribution >= 0.6 is 0 Å².